The predicted molar refractivity (Wildman–Crippen MR) is 67.6 cm³/mol. The van der Waals surface area contributed by atoms with E-state index in [1.54, 1.807) is 7.11 Å². The van der Waals surface area contributed by atoms with Crippen LogP contribution >= 0.6 is 15.9 Å². The molecule has 4 nitrogen and oxygen atoms in total. The van der Waals surface area contributed by atoms with Gasteiger partial charge in [0.05, 0.1) is 12.6 Å². The Kier molecular flexibility index (Phi) is 5.28. The summed E-state index contributed by atoms with van der Waals surface area (Å²) in [6.07, 6.45) is 0. The molecule has 1 rings (SSSR count). The normalized spacial score (nSPS) is 11.9. The Balaban J connectivity index is 2.45. The zero-order valence-corrected chi connectivity index (χ0v) is 10.9. The third kappa shape index (κ3) is 4.63. The molecule has 2 N–H and O–H groups in total. The van der Waals surface area contributed by atoms with Gasteiger partial charge in [0.1, 0.15) is 0 Å². The minimum atomic E-state index is -0.234. The van der Waals surface area contributed by atoms with E-state index in [9.17, 15) is 4.79 Å². The van der Waals surface area contributed by atoms with Crippen molar-refractivity contribution in [3.05, 3.63) is 28.7 Å². The van der Waals surface area contributed by atoms with Crippen molar-refractivity contribution in [3.63, 3.8) is 0 Å². The highest BCUT2D eigenvalue weighted by atomic mass is 79.9. The molecule has 88 valence electrons. The highest BCUT2D eigenvalue weighted by molar-refractivity contribution is 9.10. The number of nitrogens with one attached hydrogen (secondary N) is 2. The zero-order valence-electron chi connectivity index (χ0n) is 9.29. The molecule has 0 saturated carbocycles. The fraction of sp³-hybridized carbons (Fsp3) is 0.364. The van der Waals surface area contributed by atoms with Gasteiger partial charge in [0.25, 0.3) is 0 Å². The highest BCUT2D eigenvalue weighted by Crippen LogP contribution is 2.15. The van der Waals surface area contributed by atoms with Crippen molar-refractivity contribution in [2.45, 2.75) is 13.0 Å². The van der Waals surface area contributed by atoms with Crippen LogP contribution in [0.15, 0.2) is 28.7 Å². The Morgan fingerprint density at radius 3 is 2.94 bits per heavy atom. The average Bonchev–Trinajstić information content (AvgIpc) is 2.17. The fourth-order valence-electron chi connectivity index (χ4n) is 1.25. The quantitative estimate of drug-likeness (QED) is 0.894. The lowest BCUT2D eigenvalue weighted by molar-refractivity contribution is 0.173. The summed E-state index contributed by atoms with van der Waals surface area (Å²) < 4.78 is 5.85. The van der Waals surface area contributed by atoms with E-state index in [1.807, 2.05) is 31.2 Å². The summed E-state index contributed by atoms with van der Waals surface area (Å²) in [5, 5.41) is 5.49. The van der Waals surface area contributed by atoms with Crippen LogP contribution in [0.1, 0.15) is 6.92 Å². The van der Waals surface area contributed by atoms with Gasteiger partial charge in [0.2, 0.25) is 0 Å². The lowest BCUT2D eigenvalue weighted by Gasteiger charge is -2.13. The number of carbonyl (C=O) groups excluding carboxylic acids is 1. The Hall–Kier alpha value is -1.07. The molecule has 0 radical (unpaired) electrons. The van der Waals surface area contributed by atoms with E-state index in [2.05, 4.69) is 26.6 Å². The summed E-state index contributed by atoms with van der Waals surface area (Å²) in [4.78, 5) is 11.5. The number of ether oxygens (including phenoxy) is 1. The average molecular weight is 287 g/mol. The van der Waals surface area contributed by atoms with E-state index >= 15 is 0 Å². The first kappa shape index (κ1) is 13.0. The summed E-state index contributed by atoms with van der Waals surface area (Å²) in [7, 11) is 1.60. The van der Waals surface area contributed by atoms with Crippen LogP contribution in [0.3, 0.4) is 0 Å². The molecule has 16 heavy (non-hydrogen) atoms. The van der Waals surface area contributed by atoms with Crippen molar-refractivity contribution >= 4 is 27.6 Å². The summed E-state index contributed by atoms with van der Waals surface area (Å²) in [6.45, 7) is 2.37. The second-order valence-corrected chi connectivity index (χ2v) is 4.38. The van der Waals surface area contributed by atoms with Gasteiger partial charge in [-0.3, -0.25) is 0 Å². The molecule has 0 bridgehead atoms. The summed E-state index contributed by atoms with van der Waals surface area (Å²) in [6, 6.07) is 7.17. The van der Waals surface area contributed by atoms with Crippen LogP contribution in [-0.2, 0) is 4.74 Å². The summed E-state index contributed by atoms with van der Waals surface area (Å²) in [5.74, 6) is 0. The second kappa shape index (κ2) is 6.50. The van der Waals surface area contributed by atoms with E-state index in [1.165, 1.54) is 0 Å². The van der Waals surface area contributed by atoms with Crippen molar-refractivity contribution < 1.29 is 9.53 Å². The first-order valence-electron chi connectivity index (χ1n) is 4.94. The number of urea groups is 1. The van der Waals surface area contributed by atoms with Gasteiger partial charge in [-0.1, -0.05) is 22.0 Å². The molecule has 0 aliphatic carbocycles. The third-order valence-corrected chi connectivity index (χ3v) is 2.37. The van der Waals surface area contributed by atoms with Gasteiger partial charge in [-0.15, -0.1) is 0 Å². The number of benzene rings is 1. The van der Waals surface area contributed by atoms with Crippen LogP contribution in [0.5, 0.6) is 0 Å². The smallest absolute Gasteiger partial charge is 0.319 e. The van der Waals surface area contributed by atoms with Crippen molar-refractivity contribution in [2.24, 2.45) is 0 Å². The predicted octanol–water partition coefficient (Wildman–Crippen LogP) is 2.61. The Morgan fingerprint density at radius 2 is 2.31 bits per heavy atom. The Bertz CT molecular complexity index is 358. The molecule has 0 aromatic heterocycles. The molecule has 5 heteroatoms. The summed E-state index contributed by atoms with van der Waals surface area (Å²) in [5.41, 5.74) is 0.747. The number of methoxy groups -OCH3 is 1. The van der Waals surface area contributed by atoms with Gasteiger partial charge < -0.3 is 15.4 Å². The largest absolute Gasteiger partial charge is 0.383 e. The first-order valence-corrected chi connectivity index (χ1v) is 5.73. The molecule has 0 fully saturated rings. The van der Waals surface area contributed by atoms with Crippen LogP contribution in [0, 0.1) is 0 Å². The molecular weight excluding hydrogens is 272 g/mol. The maximum Gasteiger partial charge on any atom is 0.319 e. The number of anilines is 1. The van der Waals surface area contributed by atoms with E-state index in [0.717, 1.165) is 10.2 Å². The van der Waals surface area contributed by atoms with Gasteiger partial charge in [0, 0.05) is 17.3 Å². The van der Waals surface area contributed by atoms with Crippen LogP contribution in [-0.4, -0.2) is 25.8 Å². The Labute approximate surface area is 103 Å². The zero-order chi connectivity index (χ0) is 12.0. The van der Waals surface area contributed by atoms with E-state index in [-0.39, 0.29) is 12.1 Å². The number of hydrogen-bond donors (Lipinski definition) is 2. The van der Waals surface area contributed by atoms with E-state index in [0.29, 0.717) is 6.61 Å². The van der Waals surface area contributed by atoms with Crippen molar-refractivity contribution in [1.82, 2.24) is 5.32 Å². The molecular formula is C11H15BrN2O2. The number of carbonyl (C=O) groups is 1. The molecule has 0 spiro atoms. The van der Waals surface area contributed by atoms with Crippen LogP contribution < -0.4 is 10.6 Å². The monoisotopic (exact) mass is 286 g/mol. The molecule has 0 heterocycles. The SMILES string of the molecule is COC[C@@H](C)NC(=O)Nc1cccc(Br)c1. The van der Waals surface area contributed by atoms with Gasteiger partial charge in [-0.2, -0.15) is 0 Å². The van der Waals surface area contributed by atoms with E-state index in [4.69, 9.17) is 4.74 Å². The molecule has 1 atom stereocenters. The van der Waals surface area contributed by atoms with Crippen LogP contribution in [0.25, 0.3) is 0 Å². The number of amides is 2. The molecule has 1 aromatic carbocycles. The molecule has 0 saturated heterocycles. The lowest BCUT2D eigenvalue weighted by Crippen LogP contribution is -2.38. The van der Waals surface area contributed by atoms with Crippen LogP contribution in [0.4, 0.5) is 10.5 Å². The number of hydrogen-bond acceptors (Lipinski definition) is 2. The molecule has 0 aliphatic rings. The minimum absolute atomic E-state index is 0.0165. The Morgan fingerprint density at radius 1 is 1.56 bits per heavy atom. The highest BCUT2D eigenvalue weighted by Gasteiger charge is 2.06. The maximum absolute atomic E-state index is 11.5. The molecule has 2 amide bonds. The minimum Gasteiger partial charge on any atom is -0.383 e. The topological polar surface area (TPSA) is 50.4 Å². The number of halogens is 1. The molecule has 1 aromatic rings. The second-order valence-electron chi connectivity index (χ2n) is 3.47. The lowest BCUT2D eigenvalue weighted by atomic mass is 10.3. The van der Waals surface area contributed by atoms with Crippen molar-refractivity contribution in [1.29, 1.82) is 0 Å². The maximum atomic E-state index is 11.5. The van der Waals surface area contributed by atoms with Gasteiger partial charge >= 0.3 is 6.03 Å². The van der Waals surface area contributed by atoms with Crippen molar-refractivity contribution in [3.8, 4) is 0 Å². The van der Waals surface area contributed by atoms with Gasteiger partial charge in [-0.25, -0.2) is 4.79 Å². The fourth-order valence-corrected chi connectivity index (χ4v) is 1.65. The third-order valence-electron chi connectivity index (χ3n) is 1.88. The van der Waals surface area contributed by atoms with E-state index < -0.39 is 0 Å². The van der Waals surface area contributed by atoms with Gasteiger partial charge in [0.15, 0.2) is 0 Å². The standard InChI is InChI=1S/C11H15BrN2O2/c1-8(7-16-2)13-11(15)14-10-5-3-4-9(12)6-10/h3-6,8H,7H2,1-2H3,(H2,13,14,15)/t8-/m1/s1. The van der Waals surface area contributed by atoms with Crippen molar-refractivity contribution in [2.75, 3.05) is 19.0 Å². The first-order chi connectivity index (χ1) is 7.61. The van der Waals surface area contributed by atoms with Gasteiger partial charge in [-0.05, 0) is 25.1 Å². The van der Waals surface area contributed by atoms with Crippen LogP contribution in [0.2, 0.25) is 0 Å². The molecule has 0 unspecified atom stereocenters. The summed E-state index contributed by atoms with van der Waals surface area (Å²) >= 11 is 3.34. The number of rotatable bonds is 4. The molecule has 0 aliphatic heterocycles.